The van der Waals surface area contributed by atoms with E-state index in [0.29, 0.717) is 29.9 Å². The minimum Gasteiger partial charge on any atom is -0.477 e. The minimum absolute atomic E-state index is 0.106. The Bertz CT molecular complexity index is 1060. The minimum atomic E-state index is -1.29. The van der Waals surface area contributed by atoms with Crippen molar-refractivity contribution in [2.24, 2.45) is 5.73 Å². The normalized spacial score (nSPS) is 24.6. The maximum Gasteiger partial charge on any atom is 0.341 e. The van der Waals surface area contributed by atoms with Gasteiger partial charge in [-0.1, -0.05) is 6.42 Å². The molecule has 0 bridgehead atoms. The van der Waals surface area contributed by atoms with Crippen molar-refractivity contribution < 1.29 is 19.0 Å². The molecular formula is C21H24FN3O4. The lowest BCUT2D eigenvalue weighted by atomic mass is 10.0. The van der Waals surface area contributed by atoms with Crippen molar-refractivity contribution in [2.45, 2.75) is 56.8 Å². The molecule has 29 heavy (non-hydrogen) atoms. The Morgan fingerprint density at radius 1 is 1.28 bits per heavy atom. The number of aromatic carboxylic acids is 1. The van der Waals surface area contributed by atoms with E-state index in [1.165, 1.54) is 12.3 Å². The fourth-order valence-electron chi connectivity index (χ4n) is 4.82. The van der Waals surface area contributed by atoms with Gasteiger partial charge in [0.15, 0.2) is 0 Å². The number of carboxylic acid groups (broad SMARTS) is 1. The van der Waals surface area contributed by atoms with Gasteiger partial charge in [-0.05, 0) is 31.7 Å². The van der Waals surface area contributed by atoms with E-state index in [9.17, 15) is 14.7 Å². The van der Waals surface area contributed by atoms with Crippen LogP contribution in [0.2, 0.25) is 0 Å². The number of aromatic nitrogens is 1. The van der Waals surface area contributed by atoms with Crippen LogP contribution in [-0.2, 0) is 11.3 Å². The third kappa shape index (κ3) is 2.93. The smallest absolute Gasteiger partial charge is 0.341 e. The molecule has 1 aliphatic carbocycles. The second-order valence-electron chi connectivity index (χ2n) is 8.33. The molecule has 0 spiro atoms. The van der Waals surface area contributed by atoms with Crippen LogP contribution in [0.1, 0.15) is 54.1 Å². The number of nitrogens with zero attached hydrogens (tertiary/aromatic N) is 2. The van der Waals surface area contributed by atoms with E-state index < -0.39 is 17.2 Å². The molecule has 1 aromatic carbocycles. The van der Waals surface area contributed by atoms with Gasteiger partial charge in [-0.2, -0.15) is 0 Å². The number of carbonyl (C=O) groups is 1. The summed E-state index contributed by atoms with van der Waals surface area (Å²) in [5.41, 5.74) is 7.07. The number of ether oxygens (including phenoxy) is 1. The summed E-state index contributed by atoms with van der Waals surface area (Å²) < 4.78 is 23.2. The fourth-order valence-corrected chi connectivity index (χ4v) is 4.82. The van der Waals surface area contributed by atoms with Gasteiger partial charge < -0.3 is 25.0 Å². The zero-order valence-electron chi connectivity index (χ0n) is 16.1. The topological polar surface area (TPSA) is 97.8 Å². The highest BCUT2D eigenvalue weighted by Crippen LogP contribution is 2.42. The molecule has 0 unspecified atom stereocenters. The molecule has 2 fully saturated rings. The van der Waals surface area contributed by atoms with Gasteiger partial charge in [0.25, 0.3) is 0 Å². The van der Waals surface area contributed by atoms with Crippen molar-refractivity contribution in [1.29, 1.82) is 0 Å². The van der Waals surface area contributed by atoms with Crippen molar-refractivity contribution in [1.82, 2.24) is 4.57 Å². The van der Waals surface area contributed by atoms with Crippen molar-refractivity contribution in [3.63, 3.8) is 0 Å². The molecule has 2 aliphatic heterocycles. The van der Waals surface area contributed by atoms with Crippen molar-refractivity contribution in [3.05, 3.63) is 39.4 Å². The summed E-state index contributed by atoms with van der Waals surface area (Å²) in [6, 6.07) is 1.10. The average molecular weight is 401 g/mol. The van der Waals surface area contributed by atoms with Crippen molar-refractivity contribution in [2.75, 3.05) is 18.1 Å². The van der Waals surface area contributed by atoms with E-state index in [1.807, 2.05) is 9.47 Å². The maximum absolute atomic E-state index is 15.4. The van der Waals surface area contributed by atoms with Crippen LogP contribution in [0, 0.1) is 5.82 Å². The van der Waals surface area contributed by atoms with E-state index >= 15 is 4.39 Å². The Balaban J connectivity index is 1.82. The first-order valence-corrected chi connectivity index (χ1v) is 10.2. The first kappa shape index (κ1) is 18.6. The Morgan fingerprint density at radius 3 is 2.79 bits per heavy atom. The lowest BCUT2D eigenvalue weighted by Gasteiger charge is -2.34. The monoisotopic (exact) mass is 401 g/mol. The Labute approximate surface area is 166 Å². The van der Waals surface area contributed by atoms with Gasteiger partial charge in [-0.3, -0.25) is 4.79 Å². The summed E-state index contributed by atoms with van der Waals surface area (Å²) in [7, 11) is 0. The van der Waals surface area contributed by atoms with Crippen LogP contribution in [0.25, 0.3) is 10.9 Å². The number of hydrogen-bond acceptors (Lipinski definition) is 5. The quantitative estimate of drug-likeness (QED) is 0.802. The summed E-state index contributed by atoms with van der Waals surface area (Å²) in [5, 5.41) is 9.57. The molecule has 1 aromatic heterocycles. The van der Waals surface area contributed by atoms with E-state index in [-0.39, 0.29) is 35.7 Å². The van der Waals surface area contributed by atoms with Crippen LogP contribution in [0.15, 0.2) is 17.1 Å². The highest BCUT2D eigenvalue weighted by Gasteiger charge is 2.36. The van der Waals surface area contributed by atoms with E-state index in [1.54, 1.807) is 0 Å². The van der Waals surface area contributed by atoms with Gasteiger partial charge in [0.05, 0.1) is 30.5 Å². The van der Waals surface area contributed by atoms with Gasteiger partial charge in [0.2, 0.25) is 5.43 Å². The average Bonchev–Trinajstić information content (AvgIpc) is 3.52. The lowest BCUT2D eigenvalue weighted by molar-refractivity contribution is 0.0695. The van der Waals surface area contributed by atoms with Gasteiger partial charge in [0, 0.05) is 35.8 Å². The standard InChI is InChI=1S/C21H24FN3O4/c22-15-7-12-18(25(11-4-5-11)8-13(20(12)26)21(27)28)14-9-29-10-17-16(23)3-1-2-6-24(17)19(14)15/h7-8,11,16-17H,1-6,9-10,23H2,(H,27,28)/t16-,17-/m1/s1. The third-order valence-corrected chi connectivity index (χ3v) is 6.41. The Hall–Kier alpha value is -2.45. The highest BCUT2D eigenvalue weighted by atomic mass is 19.1. The summed E-state index contributed by atoms with van der Waals surface area (Å²) in [4.78, 5) is 26.5. The van der Waals surface area contributed by atoms with E-state index in [0.717, 1.165) is 32.1 Å². The second kappa shape index (κ2) is 6.81. The van der Waals surface area contributed by atoms with E-state index in [2.05, 4.69) is 0 Å². The molecule has 154 valence electrons. The van der Waals surface area contributed by atoms with Gasteiger partial charge in [-0.15, -0.1) is 0 Å². The van der Waals surface area contributed by atoms with Crippen LogP contribution in [0.3, 0.4) is 0 Å². The zero-order chi connectivity index (χ0) is 20.3. The van der Waals surface area contributed by atoms with Crippen LogP contribution >= 0.6 is 0 Å². The van der Waals surface area contributed by atoms with Gasteiger partial charge >= 0.3 is 5.97 Å². The Morgan fingerprint density at radius 2 is 2.07 bits per heavy atom. The first-order chi connectivity index (χ1) is 14.0. The van der Waals surface area contributed by atoms with Crippen molar-refractivity contribution in [3.8, 4) is 0 Å². The SMILES string of the molecule is N[C@@H]1CCCCN2c3c(F)cc4c(=O)c(C(=O)O)cn(C5CC5)c4c3COC[C@H]12. The molecule has 0 radical (unpaired) electrons. The highest BCUT2D eigenvalue weighted by molar-refractivity contribution is 5.95. The molecule has 7 nitrogen and oxygen atoms in total. The van der Waals surface area contributed by atoms with Gasteiger partial charge in [-0.25, -0.2) is 9.18 Å². The molecule has 8 heteroatoms. The molecule has 3 heterocycles. The van der Waals surface area contributed by atoms with Gasteiger partial charge in [0.1, 0.15) is 11.4 Å². The number of benzene rings is 1. The molecule has 2 atom stereocenters. The largest absolute Gasteiger partial charge is 0.477 e. The number of hydrogen-bond donors (Lipinski definition) is 2. The fraction of sp³-hybridized carbons (Fsp3) is 0.524. The number of halogens is 1. The molecular weight excluding hydrogens is 377 g/mol. The predicted octanol–water partition coefficient (Wildman–Crippen LogP) is 2.39. The number of fused-ring (bicyclic) bond motifs is 5. The lowest BCUT2D eigenvalue weighted by Crippen LogP contribution is -2.49. The molecule has 2 aromatic rings. The first-order valence-electron chi connectivity index (χ1n) is 10.2. The molecule has 5 rings (SSSR count). The van der Waals surface area contributed by atoms with Crippen LogP contribution < -0.4 is 16.1 Å². The molecule has 0 amide bonds. The number of anilines is 1. The van der Waals surface area contributed by atoms with E-state index in [4.69, 9.17) is 10.5 Å². The third-order valence-electron chi connectivity index (χ3n) is 6.41. The Kier molecular flexibility index (Phi) is 4.36. The summed E-state index contributed by atoms with van der Waals surface area (Å²) in [6.45, 7) is 1.25. The summed E-state index contributed by atoms with van der Waals surface area (Å²) in [6.07, 6.45) is 5.98. The number of carboxylic acids is 1. The molecule has 1 saturated carbocycles. The summed E-state index contributed by atoms with van der Waals surface area (Å²) >= 11 is 0. The maximum atomic E-state index is 15.4. The number of nitrogens with two attached hydrogens (primary N) is 1. The zero-order valence-corrected chi connectivity index (χ0v) is 16.1. The van der Waals surface area contributed by atoms with Crippen LogP contribution in [0.5, 0.6) is 0 Å². The van der Waals surface area contributed by atoms with Crippen LogP contribution in [0.4, 0.5) is 10.1 Å². The molecule has 1 saturated heterocycles. The van der Waals surface area contributed by atoms with Crippen molar-refractivity contribution >= 4 is 22.6 Å². The molecule has 3 aliphatic rings. The number of pyridine rings is 1. The number of rotatable bonds is 2. The predicted molar refractivity (Wildman–Crippen MR) is 106 cm³/mol. The molecule has 3 N–H and O–H groups in total. The second-order valence-corrected chi connectivity index (χ2v) is 8.33. The van der Waals surface area contributed by atoms with Crippen LogP contribution in [-0.4, -0.2) is 40.9 Å². The summed E-state index contributed by atoms with van der Waals surface area (Å²) in [5.74, 6) is -1.81.